The molecule has 1 aromatic rings. The molecule has 116 valence electrons. The van der Waals surface area contributed by atoms with E-state index >= 15 is 0 Å². The van der Waals surface area contributed by atoms with Crippen LogP contribution in [-0.4, -0.2) is 42.6 Å². The van der Waals surface area contributed by atoms with E-state index in [-0.39, 0.29) is 11.2 Å². The van der Waals surface area contributed by atoms with Gasteiger partial charge in [0.15, 0.2) is 0 Å². The summed E-state index contributed by atoms with van der Waals surface area (Å²) >= 11 is 1.59. The van der Waals surface area contributed by atoms with Crippen molar-refractivity contribution in [3.63, 3.8) is 0 Å². The molecule has 0 aromatic heterocycles. The first-order valence-corrected chi connectivity index (χ1v) is 8.43. The molecule has 0 radical (unpaired) electrons. The minimum atomic E-state index is -0.0118. The second-order valence-electron chi connectivity index (χ2n) is 5.25. The zero-order chi connectivity index (χ0) is 15.4. The summed E-state index contributed by atoms with van der Waals surface area (Å²) in [4.78, 5) is 14.5. The molecule has 0 heterocycles. The van der Waals surface area contributed by atoms with Gasteiger partial charge in [0.25, 0.3) is 0 Å². The van der Waals surface area contributed by atoms with Crippen LogP contribution < -0.4 is 9.47 Å². The molecule has 2 rings (SSSR count). The number of methoxy groups -OCH3 is 2. The Labute approximate surface area is 130 Å². The maximum Gasteiger partial charge on any atom is 0.235 e. The van der Waals surface area contributed by atoms with Crippen LogP contribution in [0.15, 0.2) is 18.2 Å². The van der Waals surface area contributed by atoms with Crippen LogP contribution in [0, 0.1) is 0 Å². The first-order chi connectivity index (χ1) is 10.1. The van der Waals surface area contributed by atoms with Crippen molar-refractivity contribution in [2.24, 2.45) is 0 Å². The number of benzene rings is 1. The summed E-state index contributed by atoms with van der Waals surface area (Å²) in [6, 6.07) is 6.09. The van der Waals surface area contributed by atoms with Crippen LogP contribution in [0.1, 0.15) is 25.3 Å². The SMILES string of the molecule is COc1ccc(OC)c(CN(C(=O)C(C)SC)C2CC2)c1. The van der Waals surface area contributed by atoms with E-state index in [2.05, 4.69) is 0 Å². The molecule has 1 amide bonds. The lowest BCUT2D eigenvalue weighted by Crippen LogP contribution is -2.37. The molecule has 1 aromatic carbocycles. The van der Waals surface area contributed by atoms with Crippen molar-refractivity contribution >= 4 is 17.7 Å². The molecule has 1 fully saturated rings. The topological polar surface area (TPSA) is 38.8 Å². The largest absolute Gasteiger partial charge is 0.497 e. The van der Waals surface area contributed by atoms with Crippen molar-refractivity contribution in [3.8, 4) is 11.5 Å². The smallest absolute Gasteiger partial charge is 0.235 e. The van der Waals surface area contributed by atoms with E-state index in [1.807, 2.05) is 36.3 Å². The second kappa shape index (κ2) is 7.07. The first-order valence-electron chi connectivity index (χ1n) is 7.14. The minimum Gasteiger partial charge on any atom is -0.497 e. The van der Waals surface area contributed by atoms with Gasteiger partial charge in [-0.2, -0.15) is 11.8 Å². The highest BCUT2D eigenvalue weighted by Crippen LogP contribution is 2.33. The second-order valence-corrected chi connectivity index (χ2v) is 6.43. The van der Waals surface area contributed by atoms with Crippen molar-refractivity contribution in [2.45, 2.75) is 37.6 Å². The van der Waals surface area contributed by atoms with Gasteiger partial charge in [0.05, 0.1) is 19.5 Å². The Morgan fingerprint density at radius 3 is 2.62 bits per heavy atom. The highest BCUT2D eigenvalue weighted by atomic mass is 32.2. The quantitative estimate of drug-likeness (QED) is 0.776. The lowest BCUT2D eigenvalue weighted by atomic mass is 10.1. The number of carbonyl (C=O) groups excluding carboxylic acids is 1. The first kappa shape index (κ1) is 16.0. The number of carbonyl (C=O) groups is 1. The molecule has 1 aliphatic carbocycles. The van der Waals surface area contributed by atoms with Crippen LogP contribution in [0.2, 0.25) is 0 Å². The van der Waals surface area contributed by atoms with E-state index in [4.69, 9.17) is 9.47 Å². The zero-order valence-electron chi connectivity index (χ0n) is 13.1. The summed E-state index contributed by atoms with van der Waals surface area (Å²) in [6.45, 7) is 2.54. The molecule has 0 spiro atoms. The summed E-state index contributed by atoms with van der Waals surface area (Å²) in [6.07, 6.45) is 4.16. The zero-order valence-corrected chi connectivity index (χ0v) is 13.9. The van der Waals surface area contributed by atoms with Crippen molar-refractivity contribution < 1.29 is 14.3 Å². The van der Waals surface area contributed by atoms with E-state index in [0.29, 0.717) is 12.6 Å². The third kappa shape index (κ3) is 3.84. The van der Waals surface area contributed by atoms with Gasteiger partial charge in [0.2, 0.25) is 5.91 Å². The third-order valence-electron chi connectivity index (χ3n) is 3.80. The molecular formula is C16H23NO3S. The lowest BCUT2D eigenvalue weighted by Gasteiger charge is -2.26. The number of rotatable bonds is 7. The van der Waals surface area contributed by atoms with Crippen LogP contribution in [-0.2, 0) is 11.3 Å². The molecule has 0 aliphatic heterocycles. The molecule has 0 bridgehead atoms. The Bertz CT molecular complexity index is 502. The van der Waals surface area contributed by atoms with Crippen molar-refractivity contribution in [1.82, 2.24) is 4.90 Å². The molecule has 1 aliphatic rings. The van der Waals surface area contributed by atoms with Gasteiger partial charge in [0.1, 0.15) is 11.5 Å². The van der Waals surface area contributed by atoms with Gasteiger partial charge in [-0.15, -0.1) is 0 Å². The highest BCUT2D eigenvalue weighted by Gasteiger charge is 2.34. The highest BCUT2D eigenvalue weighted by molar-refractivity contribution is 7.99. The Hall–Kier alpha value is -1.36. The van der Waals surface area contributed by atoms with Gasteiger partial charge in [-0.05, 0) is 44.2 Å². The van der Waals surface area contributed by atoms with Gasteiger partial charge < -0.3 is 14.4 Å². The van der Waals surface area contributed by atoms with Crippen LogP contribution in [0.25, 0.3) is 0 Å². The van der Waals surface area contributed by atoms with Gasteiger partial charge in [0, 0.05) is 18.2 Å². The fourth-order valence-electron chi connectivity index (χ4n) is 2.30. The number of hydrogen-bond donors (Lipinski definition) is 0. The van der Waals surface area contributed by atoms with Gasteiger partial charge in [-0.1, -0.05) is 0 Å². The Kier molecular flexibility index (Phi) is 5.39. The minimum absolute atomic E-state index is 0.0118. The van der Waals surface area contributed by atoms with Gasteiger partial charge in [-0.25, -0.2) is 0 Å². The number of thioether (sulfide) groups is 1. The van der Waals surface area contributed by atoms with E-state index in [1.165, 1.54) is 0 Å². The summed E-state index contributed by atoms with van der Waals surface area (Å²) < 4.78 is 10.7. The normalized spacial score (nSPS) is 15.4. The van der Waals surface area contributed by atoms with E-state index in [1.54, 1.807) is 26.0 Å². The molecule has 1 atom stereocenters. The van der Waals surface area contributed by atoms with E-state index in [0.717, 1.165) is 29.9 Å². The molecule has 1 saturated carbocycles. The lowest BCUT2D eigenvalue weighted by molar-refractivity contribution is -0.131. The van der Waals surface area contributed by atoms with Crippen molar-refractivity contribution in [1.29, 1.82) is 0 Å². The Balaban J connectivity index is 2.22. The predicted molar refractivity (Wildman–Crippen MR) is 86.1 cm³/mol. The molecule has 0 N–H and O–H groups in total. The molecular weight excluding hydrogens is 286 g/mol. The summed E-state index contributed by atoms with van der Waals surface area (Å²) in [7, 11) is 3.30. The van der Waals surface area contributed by atoms with Crippen molar-refractivity contribution in [3.05, 3.63) is 23.8 Å². The predicted octanol–water partition coefficient (Wildman–Crippen LogP) is 2.95. The summed E-state index contributed by atoms with van der Waals surface area (Å²) in [5.74, 6) is 1.79. The number of hydrogen-bond acceptors (Lipinski definition) is 4. The number of ether oxygens (including phenoxy) is 2. The average molecular weight is 309 g/mol. The van der Waals surface area contributed by atoms with Gasteiger partial charge >= 0.3 is 0 Å². The number of nitrogens with zero attached hydrogens (tertiary/aromatic N) is 1. The Morgan fingerprint density at radius 2 is 2.10 bits per heavy atom. The number of amides is 1. The van der Waals surface area contributed by atoms with Gasteiger partial charge in [-0.3, -0.25) is 4.79 Å². The molecule has 4 nitrogen and oxygen atoms in total. The van der Waals surface area contributed by atoms with E-state index in [9.17, 15) is 4.79 Å². The van der Waals surface area contributed by atoms with Crippen molar-refractivity contribution in [2.75, 3.05) is 20.5 Å². The summed E-state index contributed by atoms with van der Waals surface area (Å²) in [5.41, 5.74) is 0.991. The average Bonchev–Trinajstić information content (AvgIpc) is 3.35. The maximum atomic E-state index is 12.5. The molecule has 1 unspecified atom stereocenters. The van der Waals surface area contributed by atoms with Crippen LogP contribution in [0.4, 0.5) is 0 Å². The van der Waals surface area contributed by atoms with Crippen LogP contribution in [0.3, 0.4) is 0 Å². The third-order valence-corrected chi connectivity index (χ3v) is 4.71. The Morgan fingerprint density at radius 1 is 1.38 bits per heavy atom. The molecule has 0 saturated heterocycles. The fourth-order valence-corrected chi connectivity index (χ4v) is 2.63. The summed E-state index contributed by atoms with van der Waals surface area (Å²) in [5, 5.41) is -0.0118. The van der Waals surface area contributed by atoms with Crippen LogP contribution >= 0.6 is 11.8 Å². The van der Waals surface area contributed by atoms with Crippen LogP contribution in [0.5, 0.6) is 11.5 Å². The fraction of sp³-hybridized carbons (Fsp3) is 0.562. The molecule has 5 heteroatoms. The van der Waals surface area contributed by atoms with E-state index < -0.39 is 0 Å². The maximum absolute atomic E-state index is 12.5. The monoisotopic (exact) mass is 309 g/mol. The standard InChI is InChI=1S/C16H23NO3S/c1-11(21-4)16(18)17(13-5-6-13)10-12-9-14(19-2)7-8-15(12)20-3/h7-9,11,13H,5-6,10H2,1-4H3. The molecule has 21 heavy (non-hydrogen) atoms.